The van der Waals surface area contributed by atoms with E-state index in [0.29, 0.717) is 5.56 Å². The number of nitro groups is 1. The van der Waals surface area contributed by atoms with Gasteiger partial charge in [-0.15, -0.1) is 0 Å². The van der Waals surface area contributed by atoms with Crippen LogP contribution in [0.15, 0.2) is 36.4 Å². The van der Waals surface area contributed by atoms with Crippen molar-refractivity contribution in [1.29, 1.82) is 0 Å². The zero-order valence-corrected chi connectivity index (χ0v) is 14.0. The molecule has 0 heterocycles. The number of nitro benzene ring substituents is 1. The summed E-state index contributed by atoms with van der Waals surface area (Å²) in [5, 5.41) is 13.3. The van der Waals surface area contributed by atoms with E-state index < -0.39 is 34.4 Å². The first-order valence-corrected chi connectivity index (χ1v) is 7.51. The molecule has 1 atom stereocenters. The lowest BCUT2D eigenvalue weighted by molar-refractivity contribution is -0.383. The molecule has 0 saturated heterocycles. The summed E-state index contributed by atoms with van der Waals surface area (Å²) in [7, 11) is 0. The summed E-state index contributed by atoms with van der Waals surface area (Å²) in [6.45, 7) is 2.90. The van der Waals surface area contributed by atoms with E-state index in [9.17, 15) is 24.1 Å². The molecule has 0 bridgehead atoms. The Morgan fingerprint density at radius 1 is 1.27 bits per heavy atom. The monoisotopic (exact) mass is 361 g/mol. The Hall–Kier alpha value is -3.49. The molecule has 9 heteroatoms. The Kier molecular flexibility index (Phi) is 5.51. The number of benzene rings is 2. The van der Waals surface area contributed by atoms with Gasteiger partial charge in [0.25, 0.3) is 11.6 Å². The highest BCUT2D eigenvalue weighted by molar-refractivity contribution is 5.97. The summed E-state index contributed by atoms with van der Waals surface area (Å²) in [4.78, 5) is 34.3. The van der Waals surface area contributed by atoms with Crippen LogP contribution in [0.2, 0.25) is 0 Å². The maximum absolute atomic E-state index is 13.5. The van der Waals surface area contributed by atoms with Crippen LogP contribution in [0.5, 0.6) is 0 Å². The summed E-state index contributed by atoms with van der Waals surface area (Å²) < 4.78 is 18.5. The SMILES string of the molecule is Cc1ccc(NC(=O)C(C)OC(=O)c2ccc(N)c([N+](=O)[O-])c2)cc1F. The zero-order chi connectivity index (χ0) is 19.4. The van der Waals surface area contributed by atoms with E-state index in [-0.39, 0.29) is 16.9 Å². The first-order chi connectivity index (χ1) is 12.2. The van der Waals surface area contributed by atoms with E-state index in [1.165, 1.54) is 31.2 Å². The van der Waals surface area contributed by atoms with Crippen LogP contribution in [0, 0.1) is 22.9 Å². The number of nitrogens with two attached hydrogens (primary N) is 1. The smallest absolute Gasteiger partial charge is 0.339 e. The number of anilines is 2. The minimum absolute atomic E-state index is 0.0984. The van der Waals surface area contributed by atoms with Crippen LogP contribution in [0.3, 0.4) is 0 Å². The number of hydrogen-bond acceptors (Lipinski definition) is 6. The number of nitrogens with zero attached hydrogens (tertiary/aromatic N) is 1. The van der Waals surface area contributed by atoms with Crippen molar-refractivity contribution >= 4 is 28.9 Å². The summed E-state index contributed by atoms with van der Waals surface area (Å²) >= 11 is 0. The number of ether oxygens (including phenoxy) is 1. The molecule has 26 heavy (non-hydrogen) atoms. The maximum Gasteiger partial charge on any atom is 0.339 e. The van der Waals surface area contributed by atoms with Gasteiger partial charge in [-0.3, -0.25) is 14.9 Å². The molecule has 0 spiro atoms. The second kappa shape index (κ2) is 7.60. The van der Waals surface area contributed by atoms with Crippen LogP contribution >= 0.6 is 0 Å². The molecule has 2 aromatic carbocycles. The second-order valence-electron chi connectivity index (χ2n) is 5.53. The van der Waals surface area contributed by atoms with Crippen molar-refractivity contribution in [3.05, 3.63) is 63.5 Å². The fourth-order valence-corrected chi connectivity index (χ4v) is 2.03. The number of nitrogens with one attached hydrogen (secondary N) is 1. The van der Waals surface area contributed by atoms with Gasteiger partial charge in [0.05, 0.1) is 10.5 Å². The first-order valence-electron chi connectivity index (χ1n) is 7.51. The predicted molar refractivity (Wildman–Crippen MR) is 92.2 cm³/mol. The molecule has 3 N–H and O–H groups in total. The lowest BCUT2D eigenvalue weighted by Gasteiger charge is -2.14. The lowest BCUT2D eigenvalue weighted by atomic mass is 10.1. The third-order valence-electron chi connectivity index (χ3n) is 3.56. The molecule has 0 fully saturated rings. The third kappa shape index (κ3) is 4.32. The number of carbonyl (C=O) groups is 2. The quantitative estimate of drug-likeness (QED) is 0.365. The van der Waals surface area contributed by atoms with Gasteiger partial charge >= 0.3 is 5.97 Å². The van der Waals surface area contributed by atoms with Gasteiger partial charge < -0.3 is 15.8 Å². The molecule has 0 aliphatic carbocycles. The minimum Gasteiger partial charge on any atom is -0.449 e. The molecule has 8 nitrogen and oxygen atoms in total. The van der Waals surface area contributed by atoms with E-state index in [0.717, 1.165) is 12.1 Å². The van der Waals surface area contributed by atoms with Crippen molar-refractivity contribution in [3.8, 4) is 0 Å². The summed E-state index contributed by atoms with van der Waals surface area (Å²) in [6, 6.07) is 7.57. The van der Waals surface area contributed by atoms with Crippen LogP contribution in [-0.4, -0.2) is 22.9 Å². The Morgan fingerprint density at radius 2 is 1.96 bits per heavy atom. The second-order valence-corrected chi connectivity index (χ2v) is 5.53. The highest BCUT2D eigenvalue weighted by Crippen LogP contribution is 2.23. The van der Waals surface area contributed by atoms with E-state index in [1.807, 2.05) is 0 Å². The Labute approximate surface area is 147 Å². The predicted octanol–water partition coefficient (Wildman–Crippen LogP) is 2.81. The van der Waals surface area contributed by atoms with E-state index in [2.05, 4.69) is 5.32 Å². The average Bonchev–Trinajstić information content (AvgIpc) is 2.58. The normalized spacial score (nSPS) is 11.5. The van der Waals surface area contributed by atoms with Crippen LogP contribution in [0.1, 0.15) is 22.8 Å². The van der Waals surface area contributed by atoms with Crippen molar-refractivity contribution < 1.29 is 23.6 Å². The number of halogens is 1. The summed E-state index contributed by atoms with van der Waals surface area (Å²) in [5.74, 6) is -2.08. The molecule has 1 unspecified atom stereocenters. The van der Waals surface area contributed by atoms with Crippen molar-refractivity contribution in [3.63, 3.8) is 0 Å². The van der Waals surface area contributed by atoms with Gasteiger partial charge in [-0.05, 0) is 43.7 Å². The molecule has 0 aliphatic rings. The van der Waals surface area contributed by atoms with Crippen molar-refractivity contribution in [2.75, 3.05) is 11.1 Å². The lowest BCUT2D eigenvalue weighted by Crippen LogP contribution is -2.30. The molecule has 0 aliphatic heterocycles. The van der Waals surface area contributed by atoms with Crippen LogP contribution in [0.4, 0.5) is 21.5 Å². The molecule has 0 saturated carbocycles. The minimum atomic E-state index is -1.21. The van der Waals surface area contributed by atoms with Gasteiger partial charge in [0.2, 0.25) is 0 Å². The average molecular weight is 361 g/mol. The van der Waals surface area contributed by atoms with Gasteiger partial charge in [-0.25, -0.2) is 9.18 Å². The molecule has 2 aromatic rings. The molecular weight excluding hydrogens is 345 g/mol. The topological polar surface area (TPSA) is 125 Å². The molecule has 136 valence electrons. The molecule has 1 amide bonds. The molecule has 2 rings (SSSR count). The van der Waals surface area contributed by atoms with Gasteiger partial charge in [0, 0.05) is 11.8 Å². The molecular formula is C17H16FN3O5. The summed E-state index contributed by atoms with van der Waals surface area (Å²) in [5.41, 5.74) is 5.44. The van der Waals surface area contributed by atoms with E-state index in [1.54, 1.807) is 6.92 Å². The Morgan fingerprint density at radius 3 is 2.58 bits per heavy atom. The number of rotatable bonds is 5. The molecule has 0 aromatic heterocycles. The van der Waals surface area contributed by atoms with Crippen LogP contribution < -0.4 is 11.1 Å². The largest absolute Gasteiger partial charge is 0.449 e. The fraction of sp³-hybridized carbons (Fsp3) is 0.176. The van der Waals surface area contributed by atoms with Gasteiger partial charge in [-0.2, -0.15) is 0 Å². The number of amides is 1. The number of hydrogen-bond donors (Lipinski definition) is 2. The number of carbonyl (C=O) groups excluding carboxylic acids is 2. The van der Waals surface area contributed by atoms with Crippen molar-refractivity contribution in [1.82, 2.24) is 0 Å². The Balaban J connectivity index is 2.06. The number of esters is 1. The maximum atomic E-state index is 13.5. The Bertz CT molecular complexity index is 885. The fourth-order valence-electron chi connectivity index (χ4n) is 2.03. The number of nitrogen functional groups attached to an aromatic ring is 1. The van der Waals surface area contributed by atoms with Crippen LogP contribution in [-0.2, 0) is 9.53 Å². The summed E-state index contributed by atoms with van der Waals surface area (Å²) in [6.07, 6.45) is -1.21. The zero-order valence-electron chi connectivity index (χ0n) is 14.0. The van der Waals surface area contributed by atoms with Gasteiger partial charge in [-0.1, -0.05) is 6.07 Å². The van der Waals surface area contributed by atoms with Gasteiger partial charge in [0.1, 0.15) is 11.5 Å². The number of aryl methyl sites for hydroxylation is 1. The van der Waals surface area contributed by atoms with Gasteiger partial charge in [0.15, 0.2) is 6.10 Å². The highest BCUT2D eigenvalue weighted by Gasteiger charge is 2.22. The van der Waals surface area contributed by atoms with Crippen LogP contribution in [0.25, 0.3) is 0 Å². The first kappa shape index (κ1) is 18.8. The van der Waals surface area contributed by atoms with E-state index in [4.69, 9.17) is 10.5 Å². The third-order valence-corrected chi connectivity index (χ3v) is 3.56. The van der Waals surface area contributed by atoms with Crippen molar-refractivity contribution in [2.45, 2.75) is 20.0 Å². The highest BCUT2D eigenvalue weighted by atomic mass is 19.1. The molecule has 0 radical (unpaired) electrons. The van der Waals surface area contributed by atoms with Crippen molar-refractivity contribution in [2.24, 2.45) is 0 Å². The standard InChI is InChI=1S/C17H16FN3O5/c1-9-3-5-12(8-13(9)18)20-16(22)10(2)26-17(23)11-4-6-14(19)15(7-11)21(24)25/h3-8,10H,19H2,1-2H3,(H,20,22). The van der Waals surface area contributed by atoms with E-state index >= 15 is 0 Å².